The Morgan fingerprint density at radius 1 is 1.55 bits per heavy atom. The molecule has 0 saturated heterocycles. The Balaban J connectivity index is 2.20. The molecule has 2 unspecified atom stereocenters. The Labute approximate surface area is 78.2 Å². The molecule has 0 heterocycles. The van der Waals surface area contributed by atoms with E-state index in [1.807, 2.05) is 0 Å². The van der Waals surface area contributed by atoms with Gasteiger partial charge in [0.25, 0.3) is 0 Å². The van der Waals surface area contributed by atoms with Crippen LogP contribution in [0.2, 0.25) is 0 Å². The second-order valence-corrected chi connectivity index (χ2v) is 4.88. The maximum atomic E-state index is 3.93. The molecule has 0 aromatic carbocycles. The summed E-state index contributed by atoms with van der Waals surface area (Å²) in [6, 6.07) is 0. The first-order valence-electron chi connectivity index (χ1n) is 4.48. The molecular weight excluding hydrogens is 200 g/mol. The fourth-order valence-corrected chi connectivity index (χ4v) is 2.60. The summed E-state index contributed by atoms with van der Waals surface area (Å²) >= 11 is 3.73. The molecule has 0 aromatic rings. The van der Waals surface area contributed by atoms with E-state index in [9.17, 15) is 0 Å². The van der Waals surface area contributed by atoms with E-state index in [1.165, 1.54) is 37.7 Å². The molecule has 0 N–H and O–H groups in total. The Hall–Kier alpha value is 0.220. The van der Waals surface area contributed by atoms with Crippen LogP contribution in [0.3, 0.4) is 0 Å². The van der Waals surface area contributed by atoms with E-state index in [1.54, 1.807) is 0 Å². The lowest BCUT2D eigenvalue weighted by Gasteiger charge is -2.12. The molecule has 1 fully saturated rings. The van der Waals surface area contributed by atoms with Crippen LogP contribution in [0.5, 0.6) is 0 Å². The minimum atomic E-state index is 0.793. The summed E-state index contributed by atoms with van der Waals surface area (Å²) in [4.78, 5) is 0.793. The van der Waals surface area contributed by atoms with Crippen molar-refractivity contribution in [3.63, 3.8) is 0 Å². The summed E-state index contributed by atoms with van der Waals surface area (Å²) in [5.41, 5.74) is 1.33. The van der Waals surface area contributed by atoms with Crippen LogP contribution in [0.15, 0.2) is 12.2 Å². The third-order valence-electron chi connectivity index (χ3n) is 2.51. The molecular formula is C10H17Br. The predicted molar refractivity (Wildman–Crippen MR) is 54.1 cm³/mol. The molecule has 1 rings (SSSR count). The molecule has 1 aliphatic rings. The maximum absolute atomic E-state index is 3.93. The van der Waals surface area contributed by atoms with Crippen molar-refractivity contribution in [3.05, 3.63) is 12.2 Å². The van der Waals surface area contributed by atoms with Crippen LogP contribution < -0.4 is 0 Å². The van der Waals surface area contributed by atoms with Gasteiger partial charge in [-0.1, -0.05) is 27.9 Å². The van der Waals surface area contributed by atoms with E-state index in [4.69, 9.17) is 0 Å². The van der Waals surface area contributed by atoms with Crippen LogP contribution in [0.1, 0.15) is 39.0 Å². The molecule has 1 saturated carbocycles. The van der Waals surface area contributed by atoms with Gasteiger partial charge in [0.05, 0.1) is 0 Å². The van der Waals surface area contributed by atoms with E-state index >= 15 is 0 Å². The van der Waals surface area contributed by atoms with Gasteiger partial charge in [0, 0.05) is 4.83 Å². The average molecular weight is 217 g/mol. The van der Waals surface area contributed by atoms with Crippen LogP contribution in [-0.2, 0) is 0 Å². The Morgan fingerprint density at radius 3 is 2.73 bits per heavy atom. The van der Waals surface area contributed by atoms with Gasteiger partial charge in [0.2, 0.25) is 0 Å². The highest BCUT2D eigenvalue weighted by Gasteiger charge is 2.23. The van der Waals surface area contributed by atoms with Crippen molar-refractivity contribution in [2.75, 3.05) is 0 Å². The van der Waals surface area contributed by atoms with Gasteiger partial charge in [0.15, 0.2) is 0 Å². The number of rotatable bonds is 3. The quantitative estimate of drug-likeness (QED) is 0.496. The topological polar surface area (TPSA) is 0 Å². The molecule has 0 nitrogen and oxygen atoms in total. The van der Waals surface area contributed by atoms with Gasteiger partial charge in [-0.2, -0.15) is 0 Å². The molecule has 0 amide bonds. The van der Waals surface area contributed by atoms with Crippen molar-refractivity contribution in [3.8, 4) is 0 Å². The van der Waals surface area contributed by atoms with E-state index < -0.39 is 0 Å². The second kappa shape index (κ2) is 4.30. The second-order valence-electron chi connectivity index (χ2n) is 3.70. The fourth-order valence-electron chi connectivity index (χ4n) is 1.75. The van der Waals surface area contributed by atoms with E-state index in [2.05, 4.69) is 29.4 Å². The standard InChI is InChI=1S/C10H17Br/c1-8(2)6-7-9-4-3-5-10(9)11/h9-10H,1,3-7H2,2H3. The zero-order valence-electron chi connectivity index (χ0n) is 7.28. The van der Waals surface area contributed by atoms with E-state index in [-0.39, 0.29) is 0 Å². The Morgan fingerprint density at radius 2 is 2.27 bits per heavy atom. The SMILES string of the molecule is C=C(C)CCC1CCCC1Br. The van der Waals surface area contributed by atoms with Crippen molar-refractivity contribution < 1.29 is 0 Å². The molecule has 11 heavy (non-hydrogen) atoms. The Kier molecular flexibility index (Phi) is 3.64. The summed E-state index contributed by atoms with van der Waals surface area (Å²) in [5.74, 6) is 0.923. The number of allylic oxidation sites excluding steroid dienone is 1. The first-order valence-corrected chi connectivity index (χ1v) is 5.40. The van der Waals surface area contributed by atoms with Crippen LogP contribution in [0.25, 0.3) is 0 Å². The minimum Gasteiger partial charge on any atom is -0.100 e. The summed E-state index contributed by atoms with van der Waals surface area (Å²) < 4.78 is 0. The van der Waals surface area contributed by atoms with Crippen LogP contribution >= 0.6 is 15.9 Å². The fraction of sp³-hybridized carbons (Fsp3) is 0.800. The van der Waals surface area contributed by atoms with Crippen molar-refractivity contribution in [1.29, 1.82) is 0 Å². The van der Waals surface area contributed by atoms with Crippen molar-refractivity contribution in [1.82, 2.24) is 0 Å². The van der Waals surface area contributed by atoms with Crippen molar-refractivity contribution in [2.24, 2.45) is 5.92 Å². The summed E-state index contributed by atoms with van der Waals surface area (Å²) in [6.45, 7) is 6.05. The lowest BCUT2D eigenvalue weighted by atomic mass is 9.99. The molecule has 0 radical (unpaired) electrons. The molecule has 64 valence electrons. The van der Waals surface area contributed by atoms with Gasteiger partial charge in [0.1, 0.15) is 0 Å². The molecule has 1 heteroatoms. The lowest BCUT2D eigenvalue weighted by Crippen LogP contribution is -2.05. The van der Waals surface area contributed by atoms with Gasteiger partial charge in [-0.3, -0.25) is 0 Å². The molecule has 0 bridgehead atoms. The maximum Gasteiger partial charge on any atom is 0.0174 e. The highest BCUT2D eigenvalue weighted by atomic mass is 79.9. The van der Waals surface area contributed by atoms with Gasteiger partial charge in [-0.15, -0.1) is 6.58 Å². The number of halogens is 1. The van der Waals surface area contributed by atoms with E-state index in [0.29, 0.717) is 0 Å². The monoisotopic (exact) mass is 216 g/mol. The van der Waals surface area contributed by atoms with Crippen LogP contribution in [0.4, 0.5) is 0 Å². The third kappa shape index (κ3) is 2.98. The number of hydrogen-bond donors (Lipinski definition) is 0. The number of alkyl halides is 1. The molecule has 0 aliphatic heterocycles. The molecule has 2 atom stereocenters. The summed E-state index contributed by atoms with van der Waals surface area (Å²) in [6.07, 6.45) is 6.76. The third-order valence-corrected chi connectivity index (χ3v) is 3.71. The zero-order chi connectivity index (χ0) is 8.27. The highest BCUT2D eigenvalue weighted by Crippen LogP contribution is 2.34. The van der Waals surface area contributed by atoms with Gasteiger partial charge in [-0.25, -0.2) is 0 Å². The smallest absolute Gasteiger partial charge is 0.0174 e. The first-order chi connectivity index (χ1) is 5.20. The Bertz CT molecular complexity index is 140. The van der Waals surface area contributed by atoms with Crippen molar-refractivity contribution in [2.45, 2.75) is 43.9 Å². The number of hydrogen-bond acceptors (Lipinski definition) is 0. The van der Waals surface area contributed by atoms with E-state index in [0.717, 1.165) is 10.7 Å². The normalized spacial score (nSPS) is 30.7. The molecule has 0 aromatic heterocycles. The van der Waals surface area contributed by atoms with Gasteiger partial charge in [-0.05, 0) is 38.5 Å². The average Bonchev–Trinajstić information content (AvgIpc) is 2.31. The molecule has 1 aliphatic carbocycles. The lowest BCUT2D eigenvalue weighted by molar-refractivity contribution is 0.517. The predicted octanol–water partition coefficient (Wildman–Crippen LogP) is 3.91. The van der Waals surface area contributed by atoms with Crippen LogP contribution in [0, 0.1) is 5.92 Å². The highest BCUT2D eigenvalue weighted by molar-refractivity contribution is 9.09. The van der Waals surface area contributed by atoms with Crippen molar-refractivity contribution >= 4 is 15.9 Å². The summed E-state index contributed by atoms with van der Waals surface area (Å²) in [7, 11) is 0. The van der Waals surface area contributed by atoms with Crippen LogP contribution in [-0.4, -0.2) is 4.83 Å². The largest absolute Gasteiger partial charge is 0.100 e. The summed E-state index contributed by atoms with van der Waals surface area (Å²) in [5, 5.41) is 0. The minimum absolute atomic E-state index is 0.793. The molecule has 0 spiro atoms. The van der Waals surface area contributed by atoms with Gasteiger partial charge < -0.3 is 0 Å². The first kappa shape index (κ1) is 9.31. The zero-order valence-corrected chi connectivity index (χ0v) is 8.86. The van der Waals surface area contributed by atoms with Gasteiger partial charge >= 0.3 is 0 Å².